The number of aromatic nitrogens is 1. The SMILES string of the molecule is Cc1cc(F)cc2[nH]c(C(=O)N3CCC(C)(C(=O)O)C3)cc12. The number of carboxylic acids is 1. The standard InChI is InChI=1S/C16H17FN2O3/c1-9-5-10(17)6-12-11(9)7-13(18-12)14(20)19-4-3-16(2,8-19)15(21)22/h5-7,18H,3-4,8H2,1-2H3,(H,21,22). The van der Waals surface area contributed by atoms with E-state index in [1.165, 1.54) is 17.0 Å². The monoisotopic (exact) mass is 304 g/mol. The van der Waals surface area contributed by atoms with E-state index in [0.29, 0.717) is 24.2 Å². The highest BCUT2D eigenvalue weighted by Crippen LogP contribution is 2.31. The number of nitrogens with one attached hydrogen (secondary N) is 1. The molecule has 1 unspecified atom stereocenters. The Balaban J connectivity index is 1.90. The van der Waals surface area contributed by atoms with Gasteiger partial charge in [-0.05, 0) is 44.0 Å². The van der Waals surface area contributed by atoms with Gasteiger partial charge in [-0.3, -0.25) is 9.59 Å². The van der Waals surface area contributed by atoms with Crippen molar-refractivity contribution in [2.75, 3.05) is 13.1 Å². The third-order valence-electron chi connectivity index (χ3n) is 4.42. The van der Waals surface area contributed by atoms with Crippen LogP contribution in [0.1, 0.15) is 29.4 Å². The van der Waals surface area contributed by atoms with Gasteiger partial charge in [0, 0.05) is 24.0 Å². The maximum absolute atomic E-state index is 13.4. The Bertz CT molecular complexity index is 783. The third kappa shape index (κ3) is 2.24. The molecule has 0 saturated carbocycles. The summed E-state index contributed by atoms with van der Waals surface area (Å²) in [6.45, 7) is 4.02. The van der Waals surface area contributed by atoms with Gasteiger partial charge in [0.15, 0.2) is 0 Å². The average Bonchev–Trinajstić information content (AvgIpc) is 3.03. The second kappa shape index (κ2) is 4.83. The van der Waals surface area contributed by atoms with E-state index in [2.05, 4.69) is 4.98 Å². The molecule has 1 aromatic heterocycles. The maximum Gasteiger partial charge on any atom is 0.311 e. The van der Waals surface area contributed by atoms with Crippen LogP contribution in [0.15, 0.2) is 18.2 Å². The van der Waals surface area contributed by atoms with Gasteiger partial charge in [0.25, 0.3) is 5.91 Å². The van der Waals surface area contributed by atoms with Crippen molar-refractivity contribution in [1.29, 1.82) is 0 Å². The molecule has 1 aromatic carbocycles. The van der Waals surface area contributed by atoms with Crippen molar-refractivity contribution in [2.24, 2.45) is 5.41 Å². The average molecular weight is 304 g/mol. The first-order chi connectivity index (χ1) is 10.3. The minimum atomic E-state index is -0.899. The fraction of sp³-hybridized carbons (Fsp3) is 0.375. The molecule has 3 rings (SSSR count). The molecule has 1 aliphatic rings. The first-order valence-corrected chi connectivity index (χ1v) is 7.12. The van der Waals surface area contributed by atoms with E-state index in [1.807, 2.05) is 0 Å². The zero-order chi connectivity index (χ0) is 16.1. The summed E-state index contributed by atoms with van der Waals surface area (Å²) in [5, 5.41) is 10.0. The number of aromatic amines is 1. The lowest BCUT2D eigenvalue weighted by Gasteiger charge is -2.19. The second-order valence-electron chi connectivity index (χ2n) is 6.21. The van der Waals surface area contributed by atoms with Gasteiger partial charge in [-0.1, -0.05) is 0 Å². The maximum atomic E-state index is 13.4. The number of fused-ring (bicyclic) bond motifs is 1. The van der Waals surface area contributed by atoms with E-state index in [-0.39, 0.29) is 18.3 Å². The highest BCUT2D eigenvalue weighted by molar-refractivity contribution is 5.99. The van der Waals surface area contributed by atoms with Crippen LogP contribution < -0.4 is 0 Å². The van der Waals surface area contributed by atoms with Gasteiger partial charge in [-0.15, -0.1) is 0 Å². The fourth-order valence-electron chi connectivity index (χ4n) is 2.97. The number of amides is 1. The minimum absolute atomic E-state index is 0.184. The normalized spacial score (nSPS) is 21.5. The van der Waals surface area contributed by atoms with Gasteiger partial charge >= 0.3 is 5.97 Å². The van der Waals surface area contributed by atoms with Crippen LogP contribution in [0.5, 0.6) is 0 Å². The number of hydrogen-bond donors (Lipinski definition) is 2. The van der Waals surface area contributed by atoms with Crippen LogP contribution in [0.3, 0.4) is 0 Å². The van der Waals surface area contributed by atoms with Crippen LogP contribution in [-0.2, 0) is 4.79 Å². The summed E-state index contributed by atoms with van der Waals surface area (Å²) in [6.07, 6.45) is 0.432. The number of rotatable bonds is 2. The second-order valence-corrected chi connectivity index (χ2v) is 6.21. The largest absolute Gasteiger partial charge is 0.481 e. The molecule has 1 fully saturated rings. The van der Waals surface area contributed by atoms with E-state index in [4.69, 9.17) is 0 Å². The van der Waals surface area contributed by atoms with Crippen LogP contribution in [0.4, 0.5) is 4.39 Å². The van der Waals surface area contributed by atoms with Crippen LogP contribution in [-0.4, -0.2) is 40.0 Å². The molecule has 2 aromatic rings. The molecule has 5 nitrogen and oxygen atoms in total. The number of halogens is 1. The van der Waals surface area contributed by atoms with E-state index >= 15 is 0 Å². The summed E-state index contributed by atoms with van der Waals surface area (Å²) in [5.41, 5.74) is 0.783. The highest BCUT2D eigenvalue weighted by Gasteiger charge is 2.42. The lowest BCUT2D eigenvalue weighted by molar-refractivity contribution is -0.147. The highest BCUT2D eigenvalue weighted by atomic mass is 19.1. The summed E-state index contributed by atoms with van der Waals surface area (Å²) < 4.78 is 13.4. The van der Waals surface area contributed by atoms with Crippen molar-refractivity contribution in [3.05, 3.63) is 35.3 Å². The van der Waals surface area contributed by atoms with Crippen molar-refractivity contribution in [3.63, 3.8) is 0 Å². The number of carbonyl (C=O) groups is 2. The smallest absolute Gasteiger partial charge is 0.311 e. The molecule has 1 amide bonds. The number of likely N-dealkylation sites (tertiary alicyclic amines) is 1. The molecule has 116 valence electrons. The Kier molecular flexibility index (Phi) is 3.20. The first-order valence-electron chi connectivity index (χ1n) is 7.12. The molecule has 0 aliphatic carbocycles. The summed E-state index contributed by atoms with van der Waals surface area (Å²) in [6, 6.07) is 4.47. The number of aryl methyl sites for hydroxylation is 1. The fourth-order valence-corrected chi connectivity index (χ4v) is 2.97. The van der Waals surface area contributed by atoms with Gasteiger partial charge in [-0.2, -0.15) is 0 Å². The zero-order valence-electron chi connectivity index (χ0n) is 12.4. The summed E-state index contributed by atoms with van der Waals surface area (Å²) in [7, 11) is 0. The molecule has 0 spiro atoms. The van der Waals surface area contributed by atoms with Crippen molar-refractivity contribution in [3.8, 4) is 0 Å². The molecule has 1 aliphatic heterocycles. The number of hydrogen-bond acceptors (Lipinski definition) is 2. The van der Waals surface area contributed by atoms with Gasteiger partial charge in [-0.25, -0.2) is 4.39 Å². The Morgan fingerprint density at radius 1 is 1.36 bits per heavy atom. The number of aliphatic carboxylic acids is 1. The molecule has 0 bridgehead atoms. The molecule has 1 atom stereocenters. The van der Waals surface area contributed by atoms with Crippen LogP contribution >= 0.6 is 0 Å². The van der Waals surface area contributed by atoms with Crippen molar-refractivity contribution in [2.45, 2.75) is 20.3 Å². The first kappa shape index (κ1) is 14.6. The number of nitrogens with zero attached hydrogens (tertiary/aromatic N) is 1. The van der Waals surface area contributed by atoms with Crippen LogP contribution in [0.2, 0.25) is 0 Å². The van der Waals surface area contributed by atoms with Gasteiger partial charge in [0.2, 0.25) is 0 Å². The van der Waals surface area contributed by atoms with Crippen molar-refractivity contribution in [1.82, 2.24) is 9.88 Å². The third-order valence-corrected chi connectivity index (χ3v) is 4.42. The number of carboxylic acid groups (broad SMARTS) is 1. The predicted molar refractivity (Wildman–Crippen MR) is 79.3 cm³/mol. The Morgan fingerprint density at radius 2 is 2.09 bits per heavy atom. The molecule has 0 radical (unpaired) electrons. The number of H-pyrrole nitrogens is 1. The van der Waals surface area contributed by atoms with Gasteiger partial charge in [0.05, 0.1) is 5.41 Å². The topological polar surface area (TPSA) is 73.4 Å². The molecule has 22 heavy (non-hydrogen) atoms. The van der Waals surface area contributed by atoms with E-state index in [0.717, 1.165) is 10.9 Å². The summed E-state index contributed by atoms with van der Waals surface area (Å²) >= 11 is 0. The minimum Gasteiger partial charge on any atom is -0.481 e. The zero-order valence-corrected chi connectivity index (χ0v) is 12.4. The molecular weight excluding hydrogens is 287 g/mol. The van der Waals surface area contributed by atoms with Gasteiger partial charge in [0.1, 0.15) is 11.5 Å². The van der Waals surface area contributed by atoms with Crippen LogP contribution in [0.25, 0.3) is 10.9 Å². The van der Waals surface area contributed by atoms with Gasteiger partial charge < -0.3 is 15.0 Å². The predicted octanol–water partition coefficient (Wildman–Crippen LogP) is 2.55. The lowest BCUT2D eigenvalue weighted by Crippen LogP contribution is -2.35. The Labute approximate surface area is 126 Å². The summed E-state index contributed by atoms with van der Waals surface area (Å²) in [4.78, 5) is 28.3. The molecule has 2 heterocycles. The lowest BCUT2D eigenvalue weighted by atomic mass is 9.90. The van der Waals surface area contributed by atoms with E-state index < -0.39 is 11.4 Å². The summed E-state index contributed by atoms with van der Waals surface area (Å²) in [5.74, 6) is -1.50. The van der Waals surface area contributed by atoms with E-state index in [9.17, 15) is 19.1 Å². The number of benzene rings is 1. The molecule has 6 heteroatoms. The molecule has 1 saturated heterocycles. The Morgan fingerprint density at radius 3 is 2.73 bits per heavy atom. The van der Waals surface area contributed by atoms with Crippen molar-refractivity contribution < 1.29 is 19.1 Å². The van der Waals surface area contributed by atoms with E-state index in [1.54, 1.807) is 19.9 Å². The van der Waals surface area contributed by atoms with Crippen LogP contribution in [0, 0.1) is 18.2 Å². The van der Waals surface area contributed by atoms with Crippen molar-refractivity contribution >= 4 is 22.8 Å². The number of carbonyl (C=O) groups excluding carboxylic acids is 1. The Hall–Kier alpha value is -2.37. The molecular formula is C16H17FN2O3. The quantitative estimate of drug-likeness (QED) is 0.895. The molecule has 2 N–H and O–H groups in total.